The van der Waals surface area contributed by atoms with Gasteiger partial charge in [0.2, 0.25) is 0 Å². The van der Waals surface area contributed by atoms with Crippen molar-refractivity contribution in [2.24, 2.45) is 0 Å². The van der Waals surface area contributed by atoms with E-state index in [0.717, 1.165) is 28.1 Å². The Bertz CT molecular complexity index is 1280. The maximum absolute atomic E-state index is 13.5. The van der Waals surface area contributed by atoms with E-state index in [1.807, 2.05) is 68.4 Å². The number of anilines is 1. The van der Waals surface area contributed by atoms with Gasteiger partial charge in [0, 0.05) is 17.0 Å². The monoisotopic (exact) mass is 435 g/mol. The average Bonchev–Trinajstić information content (AvgIpc) is 2.84. The first kappa shape index (κ1) is 21.9. The van der Waals surface area contributed by atoms with Gasteiger partial charge in [0.25, 0.3) is 5.91 Å². The molecule has 1 heterocycles. The van der Waals surface area contributed by atoms with Crippen LogP contribution < -0.4 is 15.4 Å². The molecule has 2 N–H and O–H groups in total. The number of dihydropyridines is 1. The van der Waals surface area contributed by atoms with Gasteiger partial charge in [0.1, 0.15) is 5.75 Å². The molecule has 3 aromatic carbocycles. The summed E-state index contributed by atoms with van der Waals surface area (Å²) in [4.78, 5) is 13.5. The van der Waals surface area contributed by atoms with Crippen molar-refractivity contribution in [1.82, 2.24) is 5.32 Å². The van der Waals surface area contributed by atoms with Crippen molar-refractivity contribution in [3.63, 3.8) is 0 Å². The van der Waals surface area contributed by atoms with Crippen LogP contribution in [-0.2, 0) is 4.79 Å². The van der Waals surface area contributed by atoms with Crippen LogP contribution in [0, 0.1) is 11.3 Å². The molecule has 1 aliphatic heterocycles. The van der Waals surface area contributed by atoms with Crippen LogP contribution in [-0.4, -0.2) is 13.0 Å². The smallest absolute Gasteiger partial charge is 0.254 e. The Hall–Kier alpha value is -4.30. The highest BCUT2D eigenvalue weighted by molar-refractivity contribution is 6.07. The fraction of sp³-hybridized carbons (Fsp3) is 0.143. The van der Waals surface area contributed by atoms with Crippen molar-refractivity contribution in [2.75, 3.05) is 12.4 Å². The van der Waals surface area contributed by atoms with Gasteiger partial charge in [-0.2, -0.15) is 5.26 Å². The van der Waals surface area contributed by atoms with Gasteiger partial charge in [-0.1, -0.05) is 66.7 Å². The Balaban J connectivity index is 1.73. The third-order valence-corrected chi connectivity index (χ3v) is 5.83. The normalized spacial score (nSPS) is 15.5. The van der Waals surface area contributed by atoms with Gasteiger partial charge in [-0.15, -0.1) is 0 Å². The maximum Gasteiger partial charge on any atom is 0.254 e. The van der Waals surface area contributed by atoms with Gasteiger partial charge < -0.3 is 15.4 Å². The van der Waals surface area contributed by atoms with E-state index in [-0.39, 0.29) is 5.91 Å². The third kappa shape index (κ3) is 4.37. The molecule has 0 saturated heterocycles. The third-order valence-electron chi connectivity index (χ3n) is 5.83. The van der Waals surface area contributed by atoms with E-state index < -0.39 is 5.92 Å². The zero-order valence-corrected chi connectivity index (χ0v) is 18.8. The van der Waals surface area contributed by atoms with Gasteiger partial charge in [-0.25, -0.2) is 0 Å². The lowest BCUT2D eigenvalue weighted by Crippen LogP contribution is -2.30. The van der Waals surface area contributed by atoms with Crippen LogP contribution in [0.1, 0.15) is 25.3 Å². The summed E-state index contributed by atoms with van der Waals surface area (Å²) in [5.74, 6) is -0.179. The second-order valence-electron chi connectivity index (χ2n) is 7.89. The minimum atomic E-state index is -0.476. The molecule has 5 nitrogen and oxygen atoms in total. The zero-order valence-electron chi connectivity index (χ0n) is 18.8. The van der Waals surface area contributed by atoms with Gasteiger partial charge in [-0.3, -0.25) is 4.79 Å². The number of ether oxygens (including phenoxy) is 1. The number of carbonyl (C=O) groups excluding carboxylic acids is 1. The lowest BCUT2D eigenvalue weighted by molar-refractivity contribution is -0.113. The average molecular weight is 436 g/mol. The van der Waals surface area contributed by atoms with Gasteiger partial charge in [0.15, 0.2) is 0 Å². The zero-order chi connectivity index (χ0) is 23.4. The van der Waals surface area contributed by atoms with Crippen LogP contribution in [0.25, 0.3) is 11.1 Å². The molecule has 1 aliphatic rings. The fourth-order valence-electron chi connectivity index (χ4n) is 4.21. The van der Waals surface area contributed by atoms with E-state index in [1.165, 1.54) is 0 Å². The van der Waals surface area contributed by atoms with E-state index in [1.54, 1.807) is 19.2 Å². The van der Waals surface area contributed by atoms with Gasteiger partial charge in [-0.05, 0) is 42.7 Å². The molecule has 3 aromatic rings. The number of hydrogen-bond acceptors (Lipinski definition) is 4. The minimum Gasteiger partial charge on any atom is -0.495 e. The Labute approximate surface area is 194 Å². The largest absolute Gasteiger partial charge is 0.495 e. The first-order valence-corrected chi connectivity index (χ1v) is 10.7. The molecule has 164 valence electrons. The van der Waals surface area contributed by atoms with Crippen molar-refractivity contribution in [3.8, 4) is 22.9 Å². The van der Waals surface area contributed by atoms with Crippen molar-refractivity contribution in [1.29, 1.82) is 5.26 Å². The van der Waals surface area contributed by atoms with E-state index in [9.17, 15) is 10.1 Å². The summed E-state index contributed by atoms with van der Waals surface area (Å²) < 4.78 is 5.38. The molecule has 0 aliphatic carbocycles. The second-order valence-corrected chi connectivity index (χ2v) is 7.89. The molecular weight excluding hydrogens is 410 g/mol. The molecule has 1 atom stereocenters. The maximum atomic E-state index is 13.5. The van der Waals surface area contributed by atoms with E-state index in [2.05, 4.69) is 28.8 Å². The number of methoxy groups -OCH3 is 1. The molecule has 1 unspecified atom stereocenters. The Morgan fingerprint density at radius 1 is 0.909 bits per heavy atom. The fourth-order valence-corrected chi connectivity index (χ4v) is 4.21. The standard InChI is InChI=1S/C28H25N3O2/c1-18-23(17-29)27(22-15-13-21(14-16-22)20-9-5-4-6-10-20)26(19(2)30-18)28(32)31-24-11-7-8-12-25(24)33-3/h4-16,27,30H,1-3H3,(H,31,32). The van der Waals surface area contributed by atoms with E-state index in [0.29, 0.717) is 22.6 Å². The van der Waals surface area contributed by atoms with Crippen LogP contribution in [0.2, 0.25) is 0 Å². The van der Waals surface area contributed by atoms with Crippen molar-refractivity contribution in [2.45, 2.75) is 19.8 Å². The number of nitrogens with one attached hydrogen (secondary N) is 2. The SMILES string of the molecule is COc1ccccc1NC(=O)C1=C(C)NC(C)=C(C#N)C1c1ccc(-c2ccccc2)cc1. The van der Waals surface area contributed by atoms with E-state index >= 15 is 0 Å². The van der Waals surface area contributed by atoms with Crippen LogP contribution in [0.5, 0.6) is 5.75 Å². The first-order valence-electron chi connectivity index (χ1n) is 10.7. The van der Waals surface area contributed by atoms with Gasteiger partial charge >= 0.3 is 0 Å². The van der Waals surface area contributed by atoms with Crippen molar-refractivity contribution in [3.05, 3.63) is 107 Å². The molecule has 1 amide bonds. The topological polar surface area (TPSA) is 74.2 Å². The summed E-state index contributed by atoms with van der Waals surface area (Å²) in [6.07, 6.45) is 0. The summed E-state index contributed by atoms with van der Waals surface area (Å²) in [7, 11) is 1.56. The number of allylic oxidation sites excluding steroid dienone is 3. The van der Waals surface area contributed by atoms with E-state index in [4.69, 9.17) is 4.74 Å². The predicted molar refractivity (Wildman–Crippen MR) is 130 cm³/mol. The van der Waals surface area contributed by atoms with Crippen molar-refractivity contribution >= 4 is 11.6 Å². The molecule has 0 fully saturated rings. The summed E-state index contributed by atoms with van der Waals surface area (Å²) in [5, 5.41) is 16.1. The highest BCUT2D eigenvalue weighted by Gasteiger charge is 2.33. The quantitative estimate of drug-likeness (QED) is 0.534. The van der Waals surface area contributed by atoms with Crippen LogP contribution in [0.3, 0.4) is 0 Å². The summed E-state index contributed by atoms with van der Waals surface area (Å²) >= 11 is 0. The van der Waals surface area contributed by atoms with Gasteiger partial charge in [0.05, 0.1) is 30.4 Å². The number of nitriles is 1. The molecule has 0 bridgehead atoms. The molecular formula is C28H25N3O2. The number of hydrogen-bond donors (Lipinski definition) is 2. The van der Waals surface area contributed by atoms with Crippen molar-refractivity contribution < 1.29 is 9.53 Å². The molecule has 0 saturated carbocycles. The first-order chi connectivity index (χ1) is 16.0. The summed E-state index contributed by atoms with van der Waals surface area (Å²) in [6, 6.07) is 27.7. The van der Waals surface area contributed by atoms with Crippen LogP contribution >= 0.6 is 0 Å². The Morgan fingerprint density at radius 2 is 1.55 bits per heavy atom. The second kappa shape index (κ2) is 9.46. The van der Waals surface area contributed by atoms with Crippen LogP contribution in [0.15, 0.2) is 101 Å². The lowest BCUT2D eigenvalue weighted by atomic mass is 9.80. The molecule has 0 radical (unpaired) electrons. The molecule has 5 heteroatoms. The highest BCUT2D eigenvalue weighted by atomic mass is 16.5. The number of rotatable bonds is 5. The minimum absolute atomic E-state index is 0.276. The highest BCUT2D eigenvalue weighted by Crippen LogP contribution is 2.39. The molecule has 33 heavy (non-hydrogen) atoms. The predicted octanol–water partition coefficient (Wildman–Crippen LogP) is 5.76. The van der Waals surface area contributed by atoms with Crippen LogP contribution in [0.4, 0.5) is 5.69 Å². The lowest BCUT2D eigenvalue weighted by Gasteiger charge is -2.29. The number of amides is 1. The molecule has 0 aromatic heterocycles. The Morgan fingerprint density at radius 3 is 2.21 bits per heavy atom. The molecule has 4 rings (SSSR count). The number of carbonyl (C=O) groups is 1. The number of benzene rings is 3. The number of para-hydroxylation sites is 2. The summed E-state index contributed by atoms with van der Waals surface area (Å²) in [5.41, 5.74) is 6.16. The summed E-state index contributed by atoms with van der Waals surface area (Å²) in [6.45, 7) is 3.72. The molecule has 0 spiro atoms. The number of nitrogens with zero attached hydrogens (tertiary/aromatic N) is 1. The Kier molecular flexibility index (Phi) is 6.28.